The van der Waals surface area contributed by atoms with Gasteiger partial charge in [0.25, 0.3) is 5.91 Å². The zero-order valence-electron chi connectivity index (χ0n) is 12.4. The maximum atomic E-state index is 12.3. The Hall–Kier alpha value is -2.50. The Balaban J connectivity index is 2.21. The van der Waals surface area contributed by atoms with Gasteiger partial charge in [-0.05, 0) is 24.6 Å². The van der Waals surface area contributed by atoms with Crippen LogP contribution in [0.1, 0.15) is 23.8 Å². The molecule has 0 fully saturated rings. The van der Waals surface area contributed by atoms with Crippen LogP contribution in [0.25, 0.3) is 0 Å². The number of hydrogen-bond acceptors (Lipinski definition) is 4. The van der Waals surface area contributed by atoms with Crippen LogP contribution in [0.3, 0.4) is 0 Å². The second kappa shape index (κ2) is 6.78. The van der Waals surface area contributed by atoms with Crippen molar-refractivity contribution in [2.24, 2.45) is 0 Å². The van der Waals surface area contributed by atoms with E-state index in [0.717, 1.165) is 6.42 Å². The largest absolute Gasteiger partial charge is 0.497 e. The van der Waals surface area contributed by atoms with Crippen molar-refractivity contribution < 1.29 is 14.3 Å². The van der Waals surface area contributed by atoms with Gasteiger partial charge in [-0.25, -0.2) is 0 Å². The number of ether oxygens (including phenoxy) is 2. The zero-order valence-corrected chi connectivity index (χ0v) is 12.4. The molecule has 0 radical (unpaired) electrons. The van der Waals surface area contributed by atoms with Gasteiger partial charge in [0.2, 0.25) is 0 Å². The lowest BCUT2D eigenvalue weighted by Crippen LogP contribution is -2.18. The highest BCUT2D eigenvalue weighted by molar-refractivity contribution is 6.03. The van der Waals surface area contributed by atoms with E-state index in [4.69, 9.17) is 9.47 Å². The highest BCUT2D eigenvalue weighted by Gasteiger charge is 2.14. The van der Waals surface area contributed by atoms with Crippen molar-refractivity contribution in [3.8, 4) is 11.5 Å². The van der Waals surface area contributed by atoms with Crippen LogP contribution >= 0.6 is 0 Å². The molecule has 0 aliphatic rings. The minimum absolute atomic E-state index is 0.218. The average molecular weight is 289 g/mol. The lowest BCUT2D eigenvalue weighted by atomic mass is 10.2. The Kier molecular flexibility index (Phi) is 4.81. The first-order valence-corrected chi connectivity index (χ1v) is 6.74. The van der Waals surface area contributed by atoms with E-state index in [2.05, 4.69) is 10.4 Å². The number of benzene rings is 1. The Morgan fingerprint density at radius 1 is 1.29 bits per heavy atom. The summed E-state index contributed by atoms with van der Waals surface area (Å²) < 4.78 is 12.1. The van der Waals surface area contributed by atoms with Gasteiger partial charge in [-0.15, -0.1) is 0 Å². The Morgan fingerprint density at radius 2 is 2.10 bits per heavy atom. The third-order valence-corrected chi connectivity index (χ3v) is 3.04. The van der Waals surface area contributed by atoms with Crippen LogP contribution in [0.15, 0.2) is 30.5 Å². The molecule has 0 atom stereocenters. The summed E-state index contributed by atoms with van der Waals surface area (Å²) in [6.07, 6.45) is 2.53. The molecule has 0 spiro atoms. The molecule has 6 heteroatoms. The fraction of sp³-hybridized carbons (Fsp3) is 0.333. The number of aryl methyl sites for hydroxylation is 1. The summed E-state index contributed by atoms with van der Waals surface area (Å²) in [5.74, 6) is 0.995. The van der Waals surface area contributed by atoms with Crippen LogP contribution in [0.4, 0.5) is 5.69 Å². The van der Waals surface area contributed by atoms with E-state index in [9.17, 15) is 4.79 Å². The molecule has 1 heterocycles. The van der Waals surface area contributed by atoms with Crippen LogP contribution in [0, 0.1) is 0 Å². The SMILES string of the molecule is CCCn1nccc1C(=O)Nc1ccc(OC)cc1OC. The quantitative estimate of drug-likeness (QED) is 0.887. The van der Waals surface area contributed by atoms with Crippen molar-refractivity contribution in [1.82, 2.24) is 9.78 Å². The van der Waals surface area contributed by atoms with Crippen molar-refractivity contribution in [1.29, 1.82) is 0 Å². The maximum absolute atomic E-state index is 12.3. The molecule has 1 amide bonds. The van der Waals surface area contributed by atoms with E-state index < -0.39 is 0 Å². The first-order valence-electron chi connectivity index (χ1n) is 6.74. The Morgan fingerprint density at radius 3 is 2.76 bits per heavy atom. The predicted octanol–water partition coefficient (Wildman–Crippen LogP) is 2.56. The van der Waals surface area contributed by atoms with Crippen molar-refractivity contribution in [2.75, 3.05) is 19.5 Å². The Labute approximate surface area is 123 Å². The highest BCUT2D eigenvalue weighted by atomic mass is 16.5. The second-order valence-corrected chi connectivity index (χ2v) is 4.46. The molecule has 2 rings (SSSR count). The van der Waals surface area contributed by atoms with E-state index >= 15 is 0 Å². The summed E-state index contributed by atoms with van der Waals surface area (Å²) in [5, 5.41) is 6.98. The van der Waals surface area contributed by atoms with E-state index in [1.165, 1.54) is 0 Å². The summed E-state index contributed by atoms with van der Waals surface area (Å²) >= 11 is 0. The zero-order chi connectivity index (χ0) is 15.2. The molecule has 6 nitrogen and oxygen atoms in total. The topological polar surface area (TPSA) is 65.4 Å². The van der Waals surface area contributed by atoms with E-state index in [1.54, 1.807) is 49.4 Å². The number of aromatic nitrogens is 2. The van der Waals surface area contributed by atoms with Crippen LogP contribution in [0.2, 0.25) is 0 Å². The molecule has 0 saturated carbocycles. The average Bonchev–Trinajstić information content (AvgIpc) is 2.96. The van der Waals surface area contributed by atoms with E-state index in [0.29, 0.717) is 29.4 Å². The number of methoxy groups -OCH3 is 2. The second-order valence-electron chi connectivity index (χ2n) is 4.46. The van der Waals surface area contributed by atoms with Crippen LogP contribution in [-0.2, 0) is 6.54 Å². The van der Waals surface area contributed by atoms with Gasteiger partial charge in [-0.1, -0.05) is 6.92 Å². The minimum Gasteiger partial charge on any atom is -0.497 e. The van der Waals surface area contributed by atoms with Crippen molar-refractivity contribution >= 4 is 11.6 Å². The summed E-state index contributed by atoms with van der Waals surface area (Å²) in [5.41, 5.74) is 1.11. The monoisotopic (exact) mass is 289 g/mol. The summed E-state index contributed by atoms with van der Waals surface area (Å²) in [7, 11) is 3.13. The number of carbonyl (C=O) groups is 1. The van der Waals surface area contributed by atoms with E-state index in [-0.39, 0.29) is 5.91 Å². The third kappa shape index (κ3) is 3.34. The molecule has 21 heavy (non-hydrogen) atoms. The van der Waals surface area contributed by atoms with Gasteiger partial charge in [-0.2, -0.15) is 5.10 Å². The van der Waals surface area contributed by atoms with Gasteiger partial charge < -0.3 is 14.8 Å². The molecule has 0 bridgehead atoms. The molecule has 112 valence electrons. The van der Waals surface area contributed by atoms with Crippen LogP contribution in [-0.4, -0.2) is 29.9 Å². The highest BCUT2D eigenvalue weighted by Crippen LogP contribution is 2.29. The normalized spacial score (nSPS) is 10.2. The number of hydrogen-bond donors (Lipinski definition) is 1. The van der Waals surface area contributed by atoms with Gasteiger partial charge in [0.05, 0.1) is 19.9 Å². The van der Waals surface area contributed by atoms with Crippen molar-refractivity contribution in [3.63, 3.8) is 0 Å². The maximum Gasteiger partial charge on any atom is 0.274 e. The summed E-state index contributed by atoms with van der Waals surface area (Å²) in [4.78, 5) is 12.3. The summed E-state index contributed by atoms with van der Waals surface area (Å²) in [6.45, 7) is 2.74. The van der Waals surface area contributed by atoms with Crippen molar-refractivity contribution in [2.45, 2.75) is 19.9 Å². The molecule has 0 saturated heterocycles. The molecule has 0 unspecified atom stereocenters. The number of amides is 1. The number of rotatable bonds is 6. The minimum atomic E-state index is -0.218. The van der Waals surface area contributed by atoms with Gasteiger partial charge in [0.15, 0.2) is 0 Å². The Bertz CT molecular complexity index is 622. The molecular weight excluding hydrogens is 270 g/mol. The molecule has 0 aliphatic heterocycles. The van der Waals surface area contributed by atoms with Crippen LogP contribution < -0.4 is 14.8 Å². The number of carbonyl (C=O) groups excluding carboxylic acids is 1. The fourth-order valence-corrected chi connectivity index (χ4v) is 2.00. The lowest BCUT2D eigenvalue weighted by Gasteiger charge is -2.12. The lowest BCUT2D eigenvalue weighted by molar-refractivity contribution is 0.101. The fourth-order valence-electron chi connectivity index (χ4n) is 2.00. The van der Waals surface area contributed by atoms with Gasteiger partial charge >= 0.3 is 0 Å². The molecule has 2 aromatic rings. The number of nitrogens with one attached hydrogen (secondary N) is 1. The standard InChI is InChI=1S/C15H19N3O3/c1-4-9-18-13(7-8-16-18)15(19)17-12-6-5-11(20-2)10-14(12)21-3/h5-8,10H,4,9H2,1-3H3,(H,17,19). The third-order valence-electron chi connectivity index (χ3n) is 3.04. The smallest absolute Gasteiger partial charge is 0.274 e. The van der Waals surface area contributed by atoms with Gasteiger partial charge in [-0.3, -0.25) is 9.48 Å². The van der Waals surface area contributed by atoms with Crippen molar-refractivity contribution in [3.05, 3.63) is 36.2 Å². The number of nitrogens with zero attached hydrogens (tertiary/aromatic N) is 2. The molecular formula is C15H19N3O3. The van der Waals surface area contributed by atoms with Gasteiger partial charge in [0, 0.05) is 18.8 Å². The number of anilines is 1. The molecule has 1 aromatic carbocycles. The van der Waals surface area contributed by atoms with Gasteiger partial charge in [0.1, 0.15) is 17.2 Å². The first-order chi connectivity index (χ1) is 10.2. The predicted molar refractivity (Wildman–Crippen MR) is 80.0 cm³/mol. The summed E-state index contributed by atoms with van der Waals surface area (Å²) in [6, 6.07) is 6.93. The van der Waals surface area contributed by atoms with Crippen LogP contribution in [0.5, 0.6) is 11.5 Å². The molecule has 1 N–H and O–H groups in total. The molecule has 0 aliphatic carbocycles. The first kappa shape index (κ1) is 14.9. The van der Waals surface area contributed by atoms with E-state index in [1.807, 2.05) is 6.92 Å². The molecule has 1 aromatic heterocycles.